The summed E-state index contributed by atoms with van der Waals surface area (Å²) in [5, 5.41) is 0. The highest BCUT2D eigenvalue weighted by atomic mass is 16.6. The molecule has 0 N–H and O–H groups in total. The molecule has 1 aromatic carbocycles. The third kappa shape index (κ3) is 5.85. The van der Waals surface area contributed by atoms with Crippen LogP contribution in [0.2, 0.25) is 0 Å². The Morgan fingerprint density at radius 3 is 2.35 bits per heavy atom. The van der Waals surface area contributed by atoms with Crippen LogP contribution in [0.3, 0.4) is 0 Å². The highest BCUT2D eigenvalue weighted by molar-refractivity contribution is 5.85. The standard InChI is InChI=1S/C14H18O3/c1-2-3-9-13(15)17-14(16)11-10-12-7-5-4-6-8-12/h4-8H,2-3,9-11H2,1H3. The smallest absolute Gasteiger partial charge is 0.313 e. The number of carbonyl (C=O) groups is 2. The number of benzene rings is 1. The predicted octanol–water partition coefficient (Wildman–Crippen LogP) is 2.88. The fourth-order valence-corrected chi connectivity index (χ4v) is 1.44. The molecule has 17 heavy (non-hydrogen) atoms. The molecule has 0 aliphatic heterocycles. The third-order valence-electron chi connectivity index (χ3n) is 2.42. The summed E-state index contributed by atoms with van der Waals surface area (Å²) in [6.45, 7) is 1.99. The van der Waals surface area contributed by atoms with Crippen molar-refractivity contribution in [2.45, 2.75) is 39.0 Å². The first-order valence-electron chi connectivity index (χ1n) is 5.99. The van der Waals surface area contributed by atoms with Gasteiger partial charge in [0, 0.05) is 6.42 Å². The average Bonchev–Trinajstić information content (AvgIpc) is 2.35. The summed E-state index contributed by atoms with van der Waals surface area (Å²) in [6.07, 6.45) is 2.88. The molecular formula is C14H18O3. The summed E-state index contributed by atoms with van der Waals surface area (Å²) < 4.78 is 4.70. The molecule has 0 fully saturated rings. The van der Waals surface area contributed by atoms with Gasteiger partial charge < -0.3 is 4.74 Å². The first-order valence-corrected chi connectivity index (χ1v) is 5.99. The molecule has 0 saturated heterocycles. The van der Waals surface area contributed by atoms with E-state index in [0.29, 0.717) is 12.8 Å². The van der Waals surface area contributed by atoms with Crippen molar-refractivity contribution < 1.29 is 14.3 Å². The largest absolute Gasteiger partial charge is 0.393 e. The van der Waals surface area contributed by atoms with Gasteiger partial charge in [0.25, 0.3) is 0 Å². The zero-order valence-corrected chi connectivity index (χ0v) is 10.1. The summed E-state index contributed by atoms with van der Waals surface area (Å²) in [5.41, 5.74) is 1.07. The molecule has 0 saturated carbocycles. The molecule has 0 unspecified atom stereocenters. The van der Waals surface area contributed by atoms with Crippen LogP contribution in [0, 0.1) is 0 Å². The normalized spacial score (nSPS) is 9.94. The molecule has 0 radical (unpaired) electrons. The van der Waals surface area contributed by atoms with Crippen LogP contribution >= 0.6 is 0 Å². The Morgan fingerprint density at radius 2 is 1.71 bits per heavy atom. The van der Waals surface area contributed by atoms with E-state index in [0.717, 1.165) is 18.4 Å². The van der Waals surface area contributed by atoms with Crippen molar-refractivity contribution in [2.24, 2.45) is 0 Å². The minimum absolute atomic E-state index is 0.252. The highest BCUT2D eigenvalue weighted by Crippen LogP contribution is 2.04. The number of rotatable bonds is 6. The first kappa shape index (κ1) is 13.4. The van der Waals surface area contributed by atoms with Crippen molar-refractivity contribution in [2.75, 3.05) is 0 Å². The number of hydrogen-bond donors (Lipinski definition) is 0. The zero-order valence-electron chi connectivity index (χ0n) is 10.1. The van der Waals surface area contributed by atoms with Gasteiger partial charge in [0.2, 0.25) is 0 Å². The summed E-state index contributed by atoms with van der Waals surface area (Å²) >= 11 is 0. The van der Waals surface area contributed by atoms with Crippen molar-refractivity contribution in [3.8, 4) is 0 Å². The van der Waals surface area contributed by atoms with Gasteiger partial charge in [-0.25, -0.2) is 0 Å². The third-order valence-corrected chi connectivity index (χ3v) is 2.42. The van der Waals surface area contributed by atoms with E-state index < -0.39 is 11.9 Å². The molecule has 1 rings (SSSR count). The highest BCUT2D eigenvalue weighted by Gasteiger charge is 2.09. The molecule has 0 bridgehead atoms. The van der Waals surface area contributed by atoms with Gasteiger partial charge in [-0.3, -0.25) is 9.59 Å². The molecule has 3 heteroatoms. The Hall–Kier alpha value is -1.64. The molecule has 1 aromatic rings. The molecule has 3 nitrogen and oxygen atoms in total. The van der Waals surface area contributed by atoms with E-state index in [2.05, 4.69) is 0 Å². The number of unbranched alkanes of at least 4 members (excludes halogenated alkanes) is 1. The van der Waals surface area contributed by atoms with Crippen LogP contribution in [0.1, 0.15) is 38.2 Å². The lowest BCUT2D eigenvalue weighted by molar-refractivity contribution is -0.159. The topological polar surface area (TPSA) is 43.4 Å². The van der Waals surface area contributed by atoms with Crippen LogP contribution in [-0.2, 0) is 20.7 Å². The SMILES string of the molecule is CCCCC(=O)OC(=O)CCc1ccccc1. The molecule has 0 heterocycles. The molecule has 0 aliphatic rings. The van der Waals surface area contributed by atoms with Gasteiger partial charge in [-0.2, -0.15) is 0 Å². The number of carbonyl (C=O) groups excluding carboxylic acids is 2. The van der Waals surface area contributed by atoms with E-state index in [1.165, 1.54) is 0 Å². The minimum Gasteiger partial charge on any atom is -0.393 e. The van der Waals surface area contributed by atoms with Crippen LogP contribution < -0.4 is 0 Å². The summed E-state index contributed by atoms with van der Waals surface area (Å²) in [4.78, 5) is 22.5. The number of ether oxygens (including phenoxy) is 1. The Bertz CT molecular complexity index is 357. The van der Waals surface area contributed by atoms with Gasteiger partial charge >= 0.3 is 11.9 Å². The number of aryl methyl sites for hydroxylation is 1. The Kier molecular flexibility index (Phi) is 6.00. The van der Waals surface area contributed by atoms with E-state index in [9.17, 15) is 9.59 Å². The van der Waals surface area contributed by atoms with Crippen LogP contribution in [0.5, 0.6) is 0 Å². The lowest BCUT2D eigenvalue weighted by Crippen LogP contribution is -2.12. The average molecular weight is 234 g/mol. The molecule has 0 aromatic heterocycles. The van der Waals surface area contributed by atoms with Crippen LogP contribution in [0.25, 0.3) is 0 Å². The van der Waals surface area contributed by atoms with Crippen molar-refractivity contribution in [1.82, 2.24) is 0 Å². The quantitative estimate of drug-likeness (QED) is 0.561. The van der Waals surface area contributed by atoms with Crippen molar-refractivity contribution in [3.63, 3.8) is 0 Å². The maximum atomic E-state index is 11.3. The van der Waals surface area contributed by atoms with Gasteiger partial charge in [-0.1, -0.05) is 43.7 Å². The lowest BCUT2D eigenvalue weighted by atomic mass is 10.1. The molecule has 0 aliphatic carbocycles. The fourth-order valence-electron chi connectivity index (χ4n) is 1.44. The fraction of sp³-hybridized carbons (Fsp3) is 0.429. The van der Waals surface area contributed by atoms with E-state index >= 15 is 0 Å². The van der Waals surface area contributed by atoms with Gasteiger partial charge in [0.05, 0.1) is 6.42 Å². The van der Waals surface area contributed by atoms with E-state index in [-0.39, 0.29) is 6.42 Å². The molecule has 92 valence electrons. The number of esters is 2. The minimum atomic E-state index is -0.435. The van der Waals surface area contributed by atoms with Crippen molar-refractivity contribution >= 4 is 11.9 Å². The van der Waals surface area contributed by atoms with Crippen LogP contribution in [0.15, 0.2) is 30.3 Å². The molecule has 0 atom stereocenters. The predicted molar refractivity (Wildman–Crippen MR) is 65.4 cm³/mol. The zero-order chi connectivity index (χ0) is 12.5. The van der Waals surface area contributed by atoms with Crippen LogP contribution in [0.4, 0.5) is 0 Å². The molecular weight excluding hydrogens is 216 g/mol. The summed E-state index contributed by atoms with van der Waals surface area (Å²) in [7, 11) is 0. The Balaban J connectivity index is 2.24. The first-order chi connectivity index (χ1) is 8.22. The Morgan fingerprint density at radius 1 is 1.06 bits per heavy atom. The number of hydrogen-bond acceptors (Lipinski definition) is 3. The monoisotopic (exact) mass is 234 g/mol. The Labute approximate surface area is 102 Å². The second kappa shape index (κ2) is 7.60. The second-order valence-corrected chi connectivity index (χ2v) is 3.94. The van der Waals surface area contributed by atoms with Crippen molar-refractivity contribution in [3.05, 3.63) is 35.9 Å². The van der Waals surface area contributed by atoms with Crippen molar-refractivity contribution in [1.29, 1.82) is 0 Å². The second-order valence-electron chi connectivity index (χ2n) is 3.94. The maximum Gasteiger partial charge on any atom is 0.313 e. The van der Waals surface area contributed by atoms with E-state index in [1.54, 1.807) is 0 Å². The lowest BCUT2D eigenvalue weighted by Gasteiger charge is -2.02. The van der Waals surface area contributed by atoms with Crippen LogP contribution in [-0.4, -0.2) is 11.9 Å². The van der Waals surface area contributed by atoms with Gasteiger partial charge in [-0.05, 0) is 18.4 Å². The maximum absolute atomic E-state index is 11.3. The molecule has 0 spiro atoms. The van der Waals surface area contributed by atoms with Gasteiger partial charge in [0.15, 0.2) is 0 Å². The summed E-state index contributed by atoms with van der Waals surface area (Å²) in [6, 6.07) is 9.68. The van der Waals surface area contributed by atoms with E-state index in [4.69, 9.17) is 4.74 Å². The van der Waals surface area contributed by atoms with Gasteiger partial charge in [-0.15, -0.1) is 0 Å². The van der Waals surface area contributed by atoms with E-state index in [1.807, 2.05) is 37.3 Å². The summed E-state index contributed by atoms with van der Waals surface area (Å²) in [5.74, 6) is -0.847. The molecule has 0 amide bonds. The van der Waals surface area contributed by atoms with Gasteiger partial charge in [0.1, 0.15) is 0 Å².